The minimum Gasteiger partial charge on any atom is -0.325 e. The van der Waals surface area contributed by atoms with E-state index in [4.69, 9.17) is 0 Å². The molecule has 0 heterocycles. The fraction of sp³-hybridized carbons (Fsp3) is 0.316. The van der Waals surface area contributed by atoms with Crippen LogP contribution in [0.3, 0.4) is 0 Å². The van der Waals surface area contributed by atoms with Crippen LogP contribution in [0, 0.1) is 6.92 Å². The van der Waals surface area contributed by atoms with E-state index in [9.17, 15) is 4.79 Å². The minimum atomic E-state index is -0.0232. The number of carbonyl (C=O) groups is 1. The fourth-order valence-corrected chi connectivity index (χ4v) is 2.30. The molecule has 0 atom stereocenters. The summed E-state index contributed by atoms with van der Waals surface area (Å²) < 4.78 is 0. The lowest BCUT2D eigenvalue weighted by molar-refractivity contribution is -0.115. The molecule has 1 amide bonds. The molecular formula is C19H24N2O. The quantitative estimate of drug-likeness (QED) is 0.850. The first-order valence-corrected chi connectivity index (χ1v) is 7.70. The number of amides is 1. The number of anilines is 1. The van der Waals surface area contributed by atoms with Gasteiger partial charge in [0.25, 0.3) is 0 Å². The Kier molecular flexibility index (Phi) is 5.73. The maximum absolute atomic E-state index is 11.9. The summed E-state index contributed by atoms with van der Waals surface area (Å²) in [5.74, 6) is 0.477. The standard InChI is InChI=1S/C19H24N2O/c1-14(2)17-7-9-18(10-8-17)21-19(22)13-20-12-16-6-4-5-15(3)11-16/h4-11,14,20H,12-13H2,1-3H3,(H,21,22). The average molecular weight is 296 g/mol. The second kappa shape index (κ2) is 7.76. The molecule has 0 saturated heterocycles. The van der Waals surface area contributed by atoms with Crippen molar-refractivity contribution in [3.8, 4) is 0 Å². The van der Waals surface area contributed by atoms with Crippen LogP contribution in [0.1, 0.15) is 36.5 Å². The molecule has 0 spiro atoms. The van der Waals surface area contributed by atoms with E-state index >= 15 is 0 Å². The Morgan fingerprint density at radius 1 is 1.09 bits per heavy atom. The van der Waals surface area contributed by atoms with Crippen LogP contribution < -0.4 is 10.6 Å². The van der Waals surface area contributed by atoms with E-state index in [2.05, 4.69) is 61.7 Å². The lowest BCUT2D eigenvalue weighted by Crippen LogP contribution is -2.27. The van der Waals surface area contributed by atoms with Crippen molar-refractivity contribution >= 4 is 11.6 Å². The van der Waals surface area contributed by atoms with Gasteiger partial charge in [0, 0.05) is 12.2 Å². The summed E-state index contributed by atoms with van der Waals surface area (Å²) in [5, 5.41) is 6.07. The van der Waals surface area contributed by atoms with Gasteiger partial charge in [-0.05, 0) is 36.1 Å². The van der Waals surface area contributed by atoms with Gasteiger partial charge in [-0.2, -0.15) is 0 Å². The smallest absolute Gasteiger partial charge is 0.238 e. The number of aryl methyl sites for hydroxylation is 1. The van der Waals surface area contributed by atoms with Gasteiger partial charge in [-0.15, -0.1) is 0 Å². The molecule has 0 unspecified atom stereocenters. The van der Waals surface area contributed by atoms with Crippen LogP contribution in [0.2, 0.25) is 0 Å². The lowest BCUT2D eigenvalue weighted by atomic mass is 10.0. The van der Waals surface area contributed by atoms with E-state index in [0.29, 0.717) is 19.0 Å². The van der Waals surface area contributed by atoms with Gasteiger partial charge >= 0.3 is 0 Å². The van der Waals surface area contributed by atoms with Gasteiger partial charge in [0.15, 0.2) is 0 Å². The SMILES string of the molecule is Cc1cccc(CNCC(=O)Nc2ccc(C(C)C)cc2)c1. The van der Waals surface area contributed by atoms with Crippen LogP contribution in [0.5, 0.6) is 0 Å². The van der Waals surface area contributed by atoms with Crippen LogP contribution in [0.4, 0.5) is 5.69 Å². The van der Waals surface area contributed by atoms with E-state index in [-0.39, 0.29) is 5.91 Å². The van der Waals surface area contributed by atoms with Gasteiger partial charge in [0.05, 0.1) is 6.54 Å². The van der Waals surface area contributed by atoms with Crippen LogP contribution >= 0.6 is 0 Å². The molecule has 2 aromatic rings. The Balaban J connectivity index is 1.78. The van der Waals surface area contributed by atoms with E-state index in [1.807, 2.05) is 18.2 Å². The lowest BCUT2D eigenvalue weighted by Gasteiger charge is -2.09. The molecular weight excluding hydrogens is 272 g/mol. The minimum absolute atomic E-state index is 0.0232. The van der Waals surface area contributed by atoms with E-state index in [1.54, 1.807) is 0 Å². The highest BCUT2D eigenvalue weighted by molar-refractivity contribution is 5.92. The van der Waals surface area contributed by atoms with Crippen molar-refractivity contribution in [3.63, 3.8) is 0 Å². The number of carbonyl (C=O) groups excluding carboxylic acids is 1. The van der Waals surface area contributed by atoms with Gasteiger partial charge in [-0.1, -0.05) is 55.8 Å². The Bertz CT molecular complexity index is 618. The molecule has 2 N–H and O–H groups in total. The summed E-state index contributed by atoms with van der Waals surface area (Å²) in [6.45, 7) is 7.38. The molecule has 0 aliphatic carbocycles. The third-order valence-corrected chi connectivity index (χ3v) is 3.56. The van der Waals surface area contributed by atoms with Crippen molar-refractivity contribution in [2.75, 3.05) is 11.9 Å². The van der Waals surface area contributed by atoms with E-state index < -0.39 is 0 Å². The Morgan fingerprint density at radius 2 is 1.82 bits per heavy atom. The van der Waals surface area contributed by atoms with Crippen molar-refractivity contribution < 1.29 is 4.79 Å². The van der Waals surface area contributed by atoms with Gasteiger partial charge in [0.2, 0.25) is 5.91 Å². The zero-order valence-electron chi connectivity index (χ0n) is 13.5. The van der Waals surface area contributed by atoms with Crippen LogP contribution in [-0.2, 0) is 11.3 Å². The molecule has 0 radical (unpaired) electrons. The third-order valence-electron chi connectivity index (χ3n) is 3.56. The van der Waals surface area contributed by atoms with Gasteiger partial charge in [0.1, 0.15) is 0 Å². The molecule has 22 heavy (non-hydrogen) atoms. The molecule has 0 saturated carbocycles. The Hall–Kier alpha value is -2.13. The molecule has 2 aromatic carbocycles. The summed E-state index contributed by atoms with van der Waals surface area (Å²) in [5.41, 5.74) is 4.53. The zero-order chi connectivity index (χ0) is 15.9. The van der Waals surface area contributed by atoms with Crippen molar-refractivity contribution in [2.45, 2.75) is 33.2 Å². The van der Waals surface area contributed by atoms with E-state index in [1.165, 1.54) is 16.7 Å². The topological polar surface area (TPSA) is 41.1 Å². The fourth-order valence-electron chi connectivity index (χ4n) is 2.30. The molecule has 3 heteroatoms. The molecule has 0 fully saturated rings. The Morgan fingerprint density at radius 3 is 2.45 bits per heavy atom. The number of nitrogens with one attached hydrogen (secondary N) is 2. The van der Waals surface area contributed by atoms with Crippen LogP contribution in [-0.4, -0.2) is 12.5 Å². The molecule has 3 nitrogen and oxygen atoms in total. The summed E-state index contributed by atoms with van der Waals surface area (Å²) >= 11 is 0. The van der Waals surface area contributed by atoms with Crippen molar-refractivity contribution in [1.82, 2.24) is 5.32 Å². The maximum atomic E-state index is 11.9. The highest BCUT2D eigenvalue weighted by Gasteiger charge is 2.03. The average Bonchev–Trinajstić information content (AvgIpc) is 2.48. The zero-order valence-corrected chi connectivity index (χ0v) is 13.5. The number of hydrogen-bond donors (Lipinski definition) is 2. The molecule has 0 aliphatic heterocycles. The second-order valence-electron chi connectivity index (χ2n) is 5.92. The van der Waals surface area contributed by atoms with Crippen molar-refractivity contribution in [1.29, 1.82) is 0 Å². The molecule has 0 aliphatic rings. The van der Waals surface area contributed by atoms with E-state index in [0.717, 1.165) is 5.69 Å². The summed E-state index contributed by atoms with van der Waals surface area (Å²) in [6, 6.07) is 16.3. The molecule has 116 valence electrons. The Labute approximate surface area is 132 Å². The third kappa shape index (κ3) is 5.01. The molecule has 2 rings (SSSR count). The van der Waals surface area contributed by atoms with Crippen molar-refractivity contribution in [3.05, 3.63) is 65.2 Å². The summed E-state index contributed by atoms with van der Waals surface area (Å²) in [4.78, 5) is 11.9. The monoisotopic (exact) mass is 296 g/mol. The highest BCUT2D eigenvalue weighted by atomic mass is 16.1. The predicted octanol–water partition coefficient (Wildman–Crippen LogP) is 3.85. The second-order valence-corrected chi connectivity index (χ2v) is 5.92. The maximum Gasteiger partial charge on any atom is 0.238 e. The molecule has 0 bridgehead atoms. The number of rotatable bonds is 6. The molecule has 0 aromatic heterocycles. The van der Waals surface area contributed by atoms with Crippen molar-refractivity contribution in [2.24, 2.45) is 0 Å². The first kappa shape index (κ1) is 16.2. The van der Waals surface area contributed by atoms with Crippen LogP contribution in [0.15, 0.2) is 48.5 Å². The normalized spacial score (nSPS) is 10.7. The van der Waals surface area contributed by atoms with Gasteiger partial charge < -0.3 is 10.6 Å². The first-order valence-electron chi connectivity index (χ1n) is 7.70. The predicted molar refractivity (Wildman–Crippen MR) is 92.0 cm³/mol. The van der Waals surface area contributed by atoms with Gasteiger partial charge in [-0.3, -0.25) is 4.79 Å². The summed E-state index contributed by atoms with van der Waals surface area (Å²) in [7, 11) is 0. The van der Waals surface area contributed by atoms with Crippen LogP contribution in [0.25, 0.3) is 0 Å². The number of hydrogen-bond acceptors (Lipinski definition) is 2. The van der Waals surface area contributed by atoms with Gasteiger partial charge in [-0.25, -0.2) is 0 Å². The highest BCUT2D eigenvalue weighted by Crippen LogP contribution is 2.16. The first-order chi connectivity index (χ1) is 10.5. The number of benzene rings is 2. The largest absolute Gasteiger partial charge is 0.325 e. The summed E-state index contributed by atoms with van der Waals surface area (Å²) in [6.07, 6.45) is 0.